The molecule has 1 aliphatic carbocycles. The zero-order chi connectivity index (χ0) is 22.8. The van der Waals surface area contributed by atoms with Crippen LogP contribution >= 0.6 is 0 Å². The van der Waals surface area contributed by atoms with Gasteiger partial charge in [0.2, 0.25) is 5.91 Å². The summed E-state index contributed by atoms with van der Waals surface area (Å²) in [7, 11) is 0. The molecule has 31 heavy (non-hydrogen) atoms. The van der Waals surface area contributed by atoms with Gasteiger partial charge >= 0.3 is 6.18 Å². The molecule has 1 aromatic carbocycles. The second-order valence-electron chi connectivity index (χ2n) is 10.1. The molecule has 1 N–H and O–H groups in total. The van der Waals surface area contributed by atoms with Crippen LogP contribution in [0.3, 0.4) is 0 Å². The van der Waals surface area contributed by atoms with E-state index in [2.05, 4.69) is 16.8 Å². The summed E-state index contributed by atoms with van der Waals surface area (Å²) in [5.74, 6) is 0.426. The molecular weight excluding hydrogens is 401 g/mol. The van der Waals surface area contributed by atoms with Crippen LogP contribution in [0.1, 0.15) is 75.6 Å². The number of rotatable bonds is 6. The molecule has 2 unspecified atom stereocenters. The number of halogens is 3. The summed E-state index contributed by atoms with van der Waals surface area (Å²) in [6.07, 6.45) is 2.64. The molecule has 3 rings (SSSR count). The van der Waals surface area contributed by atoms with Crippen molar-refractivity contribution in [2.24, 2.45) is 11.8 Å². The Morgan fingerprint density at radius 2 is 1.90 bits per heavy atom. The van der Waals surface area contributed by atoms with Gasteiger partial charge in [0.15, 0.2) is 0 Å². The molecule has 1 amide bonds. The first kappa shape index (κ1) is 23.8. The van der Waals surface area contributed by atoms with Crippen molar-refractivity contribution in [2.75, 3.05) is 13.1 Å². The number of carbonyl (C=O) groups excluding carboxylic acids is 1. The fourth-order valence-corrected chi connectivity index (χ4v) is 5.12. The minimum absolute atomic E-state index is 0.0235. The Morgan fingerprint density at radius 3 is 2.48 bits per heavy atom. The van der Waals surface area contributed by atoms with Gasteiger partial charge in [0.05, 0.1) is 5.56 Å². The van der Waals surface area contributed by atoms with Crippen molar-refractivity contribution in [1.82, 2.24) is 10.2 Å². The highest BCUT2D eigenvalue weighted by atomic mass is 19.4. The lowest BCUT2D eigenvalue weighted by Crippen LogP contribution is -2.47. The zero-order valence-corrected chi connectivity index (χ0v) is 18.9. The lowest BCUT2D eigenvalue weighted by Gasteiger charge is -2.39. The fourth-order valence-electron chi connectivity index (χ4n) is 5.12. The molecule has 172 valence electrons. The average Bonchev–Trinajstić information content (AvgIpc) is 3.10. The molecule has 1 saturated heterocycles. The van der Waals surface area contributed by atoms with Crippen molar-refractivity contribution < 1.29 is 18.0 Å². The monoisotopic (exact) mass is 436 g/mol. The molecule has 1 aliphatic heterocycles. The quantitative estimate of drug-likeness (QED) is 0.563. The number of hydrogen-bond acceptors (Lipinski definition) is 2. The number of piperidine rings is 1. The molecule has 0 saturated carbocycles. The third-order valence-electron chi connectivity index (χ3n) is 6.62. The first-order valence-corrected chi connectivity index (χ1v) is 11.4. The number of benzene rings is 1. The number of likely N-dealkylation sites (tertiary alicyclic amines) is 1. The zero-order valence-electron chi connectivity index (χ0n) is 18.9. The number of nitrogens with zero attached hydrogens (tertiary/aromatic N) is 1. The highest BCUT2D eigenvalue weighted by Crippen LogP contribution is 2.41. The molecule has 2 aliphatic rings. The Morgan fingerprint density at radius 1 is 1.23 bits per heavy atom. The molecule has 1 heterocycles. The van der Waals surface area contributed by atoms with Gasteiger partial charge in [-0.15, -0.1) is 6.58 Å². The van der Waals surface area contributed by atoms with Crippen molar-refractivity contribution in [3.05, 3.63) is 47.5 Å². The van der Waals surface area contributed by atoms with Crippen LogP contribution in [0, 0.1) is 11.8 Å². The van der Waals surface area contributed by atoms with E-state index >= 15 is 0 Å². The maximum atomic E-state index is 13.0. The average molecular weight is 437 g/mol. The summed E-state index contributed by atoms with van der Waals surface area (Å²) in [5.41, 5.74) is 1.06. The van der Waals surface area contributed by atoms with Gasteiger partial charge < -0.3 is 5.32 Å². The second kappa shape index (κ2) is 9.35. The van der Waals surface area contributed by atoms with E-state index in [0.717, 1.165) is 56.3 Å². The Bertz CT molecular complexity index is 789. The van der Waals surface area contributed by atoms with Crippen molar-refractivity contribution in [3.63, 3.8) is 0 Å². The number of carbonyl (C=O) groups is 1. The molecule has 2 atom stereocenters. The second-order valence-corrected chi connectivity index (χ2v) is 10.1. The van der Waals surface area contributed by atoms with Crippen LogP contribution < -0.4 is 5.32 Å². The molecule has 0 bridgehead atoms. The first-order valence-electron chi connectivity index (χ1n) is 11.4. The number of fused-ring (bicyclic) bond motifs is 1. The van der Waals surface area contributed by atoms with Crippen LogP contribution in [0.2, 0.25) is 0 Å². The van der Waals surface area contributed by atoms with Crippen LogP contribution in [-0.4, -0.2) is 29.4 Å². The molecule has 0 radical (unpaired) electrons. The van der Waals surface area contributed by atoms with E-state index in [0.29, 0.717) is 12.3 Å². The summed E-state index contributed by atoms with van der Waals surface area (Å²) >= 11 is 0. The standard InChI is InChI=1S/C25H35F3N2O/c1-5-6-7-21(23(31)29-24(2,3)4)17-12-14-30(15-13-17)22-11-8-18-16-19(25(26,27)28)9-10-20(18)22/h5,9-10,16-17,21-22H,1,6-8,11-15H2,2-4H3,(H,29,31). The van der Waals surface area contributed by atoms with Crippen LogP contribution in [0.25, 0.3) is 0 Å². The maximum absolute atomic E-state index is 13.0. The molecule has 3 nitrogen and oxygen atoms in total. The third kappa shape index (κ3) is 5.91. The van der Waals surface area contributed by atoms with E-state index in [1.54, 1.807) is 6.07 Å². The lowest BCUT2D eigenvalue weighted by atomic mass is 9.80. The summed E-state index contributed by atoms with van der Waals surface area (Å²) in [6, 6.07) is 4.40. The van der Waals surface area contributed by atoms with E-state index in [1.807, 2.05) is 26.8 Å². The van der Waals surface area contributed by atoms with Gasteiger partial charge in [0.25, 0.3) is 0 Å². The van der Waals surface area contributed by atoms with Gasteiger partial charge in [0.1, 0.15) is 0 Å². The predicted octanol–water partition coefficient (Wildman–Crippen LogP) is 5.90. The molecule has 1 fully saturated rings. The minimum atomic E-state index is -4.29. The first-order chi connectivity index (χ1) is 14.5. The van der Waals surface area contributed by atoms with Crippen molar-refractivity contribution in [2.45, 2.75) is 77.1 Å². The van der Waals surface area contributed by atoms with Crippen molar-refractivity contribution in [1.29, 1.82) is 0 Å². The van der Waals surface area contributed by atoms with E-state index < -0.39 is 11.7 Å². The number of aryl methyl sites for hydroxylation is 1. The molecular formula is C25H35F3N2O. The van der Waals surface area contributed by atoms with Crippen molar-refractivity contribution in [3.8, 4) is 0 Å². The Kier molecular flexibility index (Phi) is 7.19. The van der Waals surface area contributed by atoms with Gasteiger partial charge in [0, 0.05) is 17.5 Å². The van der Waals surface area contributed by atoms with Crippen LogP contribution in [0.5, 0.6) is 0 Å². The highest BCUT2D eigenvalue weighted by molar-refractivity contribution is 5.79. The number of allylic oxidation sites excluding steroid dienone is 1. The van der Waals surface area contributed by atoms with Gasteiger partial charge in [-0.2, -0.15) is 13.2 Å². The normalized spacial score (nSPS) is 21.5. The van der Waals surface area contributed by atoms with E-state index in [-0.39, 0.29) is 23.4 Å². The van der Waals surface area contributed by atoms with E-state index in [4.69, 9.17) is 0 Å². The minimum Gasteiger partial charge on any atom is -0.351 e. The maximum Gasteiger partial charge on any atom is 0.416 e. The van der Waals surface area contributed by atoms with Gasteiger partial charge in [-0.3, -0.25) is 9.69 Å². The predicted molar refractivity (Wildman–Crippen MR) is 118 cm³/mol. The third-order valence-corrected chi connectivity index (χ3v) is 6.62. The number of hydrogen-bond donors (Lipinski definition) is 1. The Hall–Kier alpha value is -1.82. The SMILES string of the molecule is C=CCCC(C(=O)NC(C)(C)C)C1CCN(C2CCc3cc(C(F)(F)F)ccc32)CC1. The molecule has 0 spiro atoms. The topological polar surface area (TPSA) is 32.3 Å². The largest absolute Gasteiger partial charge is 0.416 e. The fraction of sp³-hybridized carbons (Fsp3) is 0.640. The van der Waals surface area contributed by atoms with Gasteiger partial charge in [-0.25, -0.2) is 0 Å². The van der Waals surface area contributed by atoms with E-state index in [1.165, 1.54) is 12.1 Å². The highest BCUT2D eigenvalue weighted by Gasteiger charge is 2.37. The lowest BCUT2D eigenvalue weighted by molar-refractivity contribution is -0.137. The summed E-state index contributed by atoms with van der Waals surface area (Å²) in [4.78, 5) is 15.3. The van der Waals surface area contributed by atoms with Gasteiger partial charge in [-0.1, -0.05) is 12.1 Å². The molecule has 6 heteroatoms. The Balaban J connectivity index is 1.65. The van der Waals surface area contributed by atoms with E-state index in [9.17, 15) is 18.0 Å². The van der Waals surface area contributed by atoms with Crippen LogP contribution in [0.15, 0.2) is 30.9 Å². The number of alkyl halides is 3. The van der Waals surface area contributed by atoms with Crippen LogP contribution in [-0.2, 0) is 17.4 Å². The summed E-state index contributed by atoms with van der Waals surface area (Å²) in [5, 5.41) is 3.14. The Labute approximate surface area is 184 Å². The summed E-state index contributed by atoms with van der Waals surface area (Å²) < 4.78 is 39.1. The number of amides is 1. The van der Waals surface area contributed by atoms with Crippen molar-refractivity contribution >= 4 is 5.91 Å². The molecule has 0 aromatic heterocycles. The number of nitrogens with one attached hydrogen (secondary N) is 1. The molecule has 1 aromatic rings. The van der Waals surface area contributed by atoms with Gasteiger partial charge in [-0.05, 0) is 102 Å². The smallest absolute Gasteiger partial charge is 0.351 e. The van der Waals surface area contributed by atoms with Crippen LogP contribution in [0.4, 0.5) is 13.2 Å². The summed E-state index contributed by atoms with van der Waals surface area (Å²) in [6.45, 7) is 11.6.